The van der Waals surface area contributed by atoms with Gasteiger partial charge in [-0.1, -0.05) is 30.4 Å². The van der Waals surface area contributed by atoms with Crippen molar-refractivity contribution in [1.82, 2.24) is 5.32 Å². The van der Waals surface area contributed by atoms with Gasteiger partial charge in [0.25, 0.3) is 0 Å². The first kappa shape index (κ1) is 22.3. The van der Waals surface area contributed by atoms with Gasteiger partial charge in [-0.3, -0.25) is 9.59 Å². The predicted octanol–water partition coefficient (Wildman–Crippen LogP) is 2.36. The molecule has 3 heterocycles. The number of amides is 2. The number of para-hydroxylation sites is 2. The van der Waals surface area contributed by atoms with Crippen LogP contribution in [0.25, 0.3) is 0 Å². The maximum Gasteiger partial charge on any atom is 0.234 e. The number of carbonyl (C=O) groups excluding carboxylic acids is 2. The number of ether oxygens (including phenoxy) is 4. The number of hydrogen-bond acceptors (Lipinski definition) is 6. The summed E-state index contributed by atoms with van der Waals surface area (Å²) in [5.41, 5.74) is 0.915. The molecule has 2 fully saturated rings. The van der Waals surface area contributed by atoms with Crippen molar-refractivity contribution in [2.45, 2.75) is 18.1 Å². The van der Waals surface area contributed by atoms with E-state index in [2.05, 4.69) is 5.32 Å². The van der Waals surface area contributed by atoms with Crippen LogP contribution in [-0.4, -0.2) is 57.9 Å². The molecule has 5 rings (SSSR count). The molecule has 2 aromatic carbocycles. The Kier molecular flexibility index (Phi) is 5.69. The Hall–Kier alpha value is -3.52. The monoisotopic (exact) mass is 464 g/mol. The maximum absolute atomic E-state index is 13.5. The number of nitrogens with zero attached hydrogens (tertiary/aromatic N) is 1. The van der Waals surface area contributed by atoms with E-state index in [-0.39, 0.29) is 11.8 Å². The summed E-state index contributed by atoms with van der Waals surface area (Å²) < 4.78 is 22.3. The first-order chi connectivity index (χ1) is 16.5. The van der Waals surface area contributed by atoms with Gasteiger partial charge in [0.15, 0.2) is 11.5 Å². The third kappa shape index (κ3) is 3.49. The van der Waals surface area contributed by atoms with Gasteiger partial charge in [0.2, 0.25) is 11.8 Å². The van der Waals surface area contributed by atoms with Gasteiger partial charge in [-0.25, -0.2) is 0 Å². The molecule has 0 aromatic heterocycles. The minimum atomic E-state index is -0.784. The molecule has 0 unspecified atom stereocenters. The second kappa shape index (κ2) is 8.68. The first-order valence-corrected chi connectivity index (χ1v) is 11.3. The van der Waals surface area contributed by atoms with Gasteiger partial charge in [0, 0.05) is 6.54 Å². The van der Waals surface area contributed by atoms with Crippen LogP contribution in [0.15, 0.2) is 54.6 Å². The van der Waals surface area contributed by atoms with E-state index in [4.69, 9.17) is 18.9 Å². The fourth-order valence-electron chi connectivity index (χ4n) is 5.34. The molecule has 2 saturated heterocycles. The molecule has 0 saturated carbocycles. The van der Waals surface area contributed by atoms with Crippen LogP contribution in [0.1, 0.15) is 5.56 Å². The molecule has 8 heteroatoms. The van der Waals surface area contributed by atoms with Gasteiger partial charge in [0.1, 0.15) is 11.4 Å². The molecule has 1 spiro atoms. The van der Waals surface area contributed by atoms with Crippen molar-refractivity contribution >= 4 is 17.5 Å². The van der Waals surface area contributed by atoms with E-state index in [1.807, 2.05) is 54.6 Å². The van der Waals surface area contributed by atoms with Crippen molar-refractivity contribution < 1.29 is 28.5 Å². The van der Waals surface area contributed by atoms with Crippen LogP contribution in [0.5, 0.6) is 17.2 Å². The van der Waals surface area contributed by atoms with E-state index < -0.39 is 23.5 Å². The van der Waals surface area contributed by atoms with E-state index in [1.165, 1.54) is 0 Å². The minimum absolute atomic E-state index is 0.114. The lowest BCUT2D eigenvalue weighted by Gasteiger charge is -2.23. The number of anilines is 1. The molecule has 34 heavy (non-hydrogen) atoms. The fourth-order valence-corrected chi connectivity index (χ4v) is 5.34. The Balaban J connectivity index is 1.29. The highest BCUT2D eigenvalue weighted by atomic mass is 16.5. The average molecular weight is 465 g/mol. The Bertz CT molecular complexity index is 1150. The van der Waals surface area contributed by atoms with Gasteiger partial charge in [-0.15, -0.1) is 0 Å². The summed E-state index contributed by atoms with van der Waals surface area (Å²) >= 11 is 0. The van der Waals surface area contributed by atoms with E-state index in [0.717, 1.165) is 5.56 Å². The van der Waals surface area contributed by atoms with Crippen molar-refractivity contribution in [1.29, 1.82) is 0 Å². The smallest absolute Gasteiger partial charge is 0.234 e. The lowest BCUT2D eigenvalue weighted by molar-refractivity contribution is -0.131. The molecule has 2 amide bonds. The van der Waals surface area contributed by atoms with Gasteiger partial charge in [-0.2, -0.15) is 0 Å². The second-order valence-corrected chi connectivity index (χ2v) is 8.73. The molecule has 178 valence electrons. The van der Waals surface area contributed by atoms with Crippen molar-refractivity contribution in [2.75, 3.05) is 39.3 Å². The van der Waals surface area contributed by atoms with E-state index >= 15 is 0 Å². The Morgan fingerprint density at radius 2 is 1.85 bits per heavy atom. The Morgan fingerprint density at radius 3 is 2.62 bits per heavy atom. The highest BCUT2D eigenvalue weighted by molar-refractivity contribution is 6.04. The molecule has 2 bridgehead atoms. The summed E-state index contributed by atoms with van der Waals surface area (Å²) in [7, 11) is 4.76. The largest absolute Gasteiger partial charge is 0.495 e. The molecule has 4 atom stereocenters. The molecular weight excluding hydrogens is 436 g/mol. The summed E-state index contributed by atoms with van der Waals surface area (Å²) in [5.74, 6) is 0.504. The third-order valence-electron chi connectivity index (χ3n) is 6.94. The molecule has 0 radical (unpaired) electrons. The van der Waals surface area contributed by atoms with E-state index in [0.29, 0.717) is 42.4 Å². The summed E-state index contributed by atoms with van der Waals surface area (Å²) in [5, 5.41) is 3.01. The predicted molar refractivity (Wildman–Crippen MR) is 125 cm³/mol. The van der Waals surface area contributed by atoms with Crippen molar-refractivity contribution in [3.63, 3.8) is 0 Å². The first-order valence-electron chi connectivity index (χ1n) is 11.3. The summed E-state index contributed by atoms with van der Waals surface area (Å²) in [4.78, 5) is 28.4. The van der Waals surface area contributed by atoms with Gasteiger partial charge >= 0.3 is 0 Å². The molecular formula is C26H28N2O6. The van der Waals surface area contributed by atoms with Gasteiger partial charge < -0.3 is 29.2 Å². The standard InChI is InChI=1S/C26H28N2O6/c1-31-18-7-5-4-6-17(18)28-15-26-12-10-20(34-26)22(23(26)25(28)30)24(29)27-13-11-16-8-9-19(32-2)21(14-16)33-3/h4-10,12,14,20,22-23H,11,13,15H2,1-3H3,(H,27,29)/t20-,22+,23-,26-/m0/s1. The van der Waals surface area contributed by atoms with Crippen LogP contribution < -0.4 is 24.4 Å². The number of hydrogen-bond donors (Lipinski definition) is 1. The molecule has 3 aliphatic heterocycles. The van der Waals surface area contributed by atoms with Crippen molar-refractivity contribution in [3.8, 4) is 17.2 Å². The number of methoxy groups -OCH3 is 3. The zero-order valence-electron chi connectivity index (χ0n) is 19.4. The molecule has 8 nitrogen and oxygen atoms in total. The lowest BCUT2D eigenvalue weighted by atomic mass is 9.77. The summed E-state index contributed by atoms with van der Waals surface area (Å²) in [6.45, 7) is 0.796. The number of nitrogens with one attached hydrogen (secondary N) is 1. The number of fused-ring (bicyclic) bond motifs is 1. The van der Waals surface area contributed by atoms with Crippen LogP contribution in [0.4, 0.5) is 5.69 Å². The highest BCUT2D eigenvalue weighted by Crippen LogP contribution is 2.53. The topological polar surface area (TPSA) is 86.3 Å². The quantitative estimate of drug-likeness (QED) is 0.604. The highest BCUT2D eigenvalue weighted by Gasteiger charge is 2.67. The number of carbonyl (C=O) groups is 2. The molecule has 3 aliphatic rings. The molecule has 0 aliphatic carbocycles. The van der Waals surface area contributed by atoms with Gasteiger partial charge in [0.05, 0.1) is 51.5 Å². The number of benzene rings is 2. The Morgan fingerprint density at radius 1 is 1.09 bits per heavy atom. The zero-order chi connectivity index (χ0) is 23.9. The van der Waals surface area contributed by atoms with Crippen LogP contribution >= 0.6 is 0 Å². The van der Waals surface area contributed by atoms with Crippen LogP contribution in [0.2, 0.25) is 0 Å². The second-order valence-electron chi connectivity index (χ2n) is 8.73. The maximum atomic E-state index is 13.5. The van der Waals surface area contributed by atoms with Crippen LogP contribution in [0, 0.1) is 11.8 Å². The van der Waals surface area contributed by atoms with Gasteiger partial charge in [-0.05, 0) is 36.2 Å². The van der Waals surface area contributed by atoms with Crippen molar-refractivity contribution in [2.24, 2.45) is 11.8 Å². The molecule has 2 aromatic rings. The SMILES string of the molecule is COc1ccc(CCNC(=O)[C@@H]2[C@@H]3C=C[C@@]4(CN(c5ccccc5OC)C(=O)[C@H]24)O3)cc1OC. The van der Waals surface area contributed by atoms with Crippen LogP contribution in [0.3, 0.4) is 0 Å². The summed E-state index contributed by atoms with van der Waals surface area (Å²) in [6, 6.07) is 13.1. The van der Waals surface area contributed by atoms with E-state index in [9.17, 15) is 9.59 Å². The van der Waals surface area contributed by atoms with Crippen molar-refractivity contribution in [3.05, 3.63) is 60.2 Å². The fraction of sp³-hybridized carbons (Fsp3) is 0.385. The summed E-state index contributed by atoms with van der Waals surface area (Å²) in [6.07, 6.45) is 4.09. The zero-order valence-corrected chi connectivity index (χ0v) is 19.4. The molecule has 1 N–H and O–H groups in total. The van der Waals surface area contributed by atoms with E-state index in [1.54, 1.807) is 26.2 Å². The average Bonchev–Trinajstić information content (AvgIpc) is 3.51. The number of rotatable bonds is 8. The Labute approximate surface area is 198 Å². The third-order valence-corrected chi connectivity index (χ3v) is 6.94. The minimum Gasteiger partial charge on any atom is -0.495 e. The normalized spacial score (nSPS) is 26.5. The van der Waals surface area contributed by atoms with Crippen LogP contribution in [-0.2, 0) is 20.7 Å². The lowest BCUT2D eigenvalue weighted by Crippen LogP contribution is -2.44.